The van der Waals surface area contributed by atoms with Crippen molar-refractivity contribution in [3.63, 3.8) is 0 Å². The molecule has 24 heavy (non-hydrogen) atoms. The molecule has 0 saturated heterocycles. The molecule has 3 rings (SSSR count). The van der Waals surface area contributed by atoms with Gasteiger partial charge in [-0.25, -0.2) is 9.97 Å². The van der Waals surface area contributed by atoms with Crippen molar-refractivity contribution in [2.24, 2.45) is 0 Å². The molecule has 3 aromatic rings. The van der Waals surface area contributed by atoms with Crippen LogP contribution in [0.15, 0.2) is 48.9 Å². The van der Waals surface area contributed by atoms with Gasteiger partial charge in [-0.1, -0.05) is 0 Å². The zero-order valence-corrected chi connectivity index (χ0v) is 14.2. The molecule has 0 fully saturated rings. The van der Waals surface area contributed by atoms with E-state index in [9.17, 15) is 0 Å². The second kappa shape index (κ2) is 7.17. The molecular formula is C19H21N5. The summed E-state index contributed by atoms with van der Waals surface area (Å²) in [6.07, 6.45) is 6.29. The maximum absolute atomic E-state index is 4.64. The first-order valence-electron chi connectivity index (χ1n) is 8.05. The van der Waals surface area contributed by atoms with E-state index in [0.717, 1.165) is 29.1 Å². The number of pyridine rings is 2. The van der Waals surface area contributed by atoms with Gasteiger partial charge in [0.25, 0.3) is 0 Å². The average molecular weight is 319 g/mol. The number of aryl methyl sites for hydroxylation is 2. The molecule has 0 saturated carbocycles. The first-order valence-corrected chi connectivity index (χ1v) is 8.05. The number of rotatable bonds is 5. The summed E-state index contributed by atoms with van der Waals surface area (Å²) in [7, 11) is 0. The summed E-state index contributed by atoms with van der Waals surface area (Å²) < 4.78 is 0. The van der Waals surface area contributed by atoms with Gasteiger partial charge in [0.2, 0.25) is 5.95 Å². The van der Waals surface area contributed by atoms with Crippen LogP contribution in [-0.4, -0.2) is 26.0 Å². The molecule has 0 spiro atoms. The Bertz CT molecular complexity index is 817. The first-order chi connectivity index (χ1) is 11.6. The summed E-state index contributed by atoms with van der Waals surface area (Å²) in [5.41, 5.74) is 5.14. The topological polar surface area (TPSA) is 63.6 Å². The third kappa shape index (κ3) is 3.93. The van der Waals surface area contributed by atoms with Gasteiger partial charge in [0.05, 0.1) is 5.69 Å². The molecular weight excluding hydrogens is 298 g/mol. The summed E-state index contributed by atoms with van der Waals surface area (Å²) in [4.78, 5) is 17.5. The molecule has 0 aliphatic carbocycles. The Morgan fingerprint density at radius 1 is 0.958 bits per heavy atom. The van der Waals surface area contributed by atoms with Gasteiger partial charge in [0.1, 0.15) is 0 Å². The van der Waals surface area contributed by atoms with Gasteiger partial charge >= 0.3 is 0 Å². The second-order valence-corrected chi connectivity index (χ2v) is 5.96. The van der Waals surface area contributed by atoms with Crippen LogP contribution in [0.4, 0.5) is 5.95 Å². The Morgan fingerprint density at radius 2 is 1.75 bits per heavy atom. The fourth-order valence-electron chi connectivity index (χ4n) is 2.68. The van der Waals surface area contributed by atoms with Crippen LogP contribution in [0.2, 0.25) is 0 Å². The molecule has 1 atom stereocenters. The predicted octanol–water partition coefficient (Wildman–Crippen LogP) is 3.59. The molecule has 0 amide bonds. The van der Waals surface area contributed by atoms with Crippen molar-refractivity contribution in [3.8, 4) is 11.3 Å². The van der Waals surface area contributed by atoms with Gasteiger partial charge in [-0.3, -0.25) is 9.97 Å². The highest BCUT2D eigenvalue weighted by Crippen LogP contribution is 2.21. The molecule has 0 bridgehead atoms. The van der Waals surface area contributed by atoms with Crippen molar-refractivity contribution < 1.29 is 0 Å². The van der Waals surface area contributed by atoms with Crippen LogP contribution in [0.3, 0.4) is 0 Å². The molecule has 0 aliphatic heterocycles. The molecule has 3 aromatic heterocycles. The highest BCUT2D eigenvalue weighted by atomic mass is 15.1. The Hall–Kier alpha value is -2.82. The van der Waals surface area contributed by atoms with Crippen molar-refractivity contribution >= 4 is 5.95 Å². The van der Waals surface area contributed by atoms with Crippen molar-refractivity contribution in [3.05, 3.63) is 65.9 Å². The van der Waals surface area contributed by atoms with Crippen LogP contribution < -0.4 is 5.32 Å². The number of hydrogen-bond donors (Lipinski definition) is 1. The van der Waals surface area contributed by atoms with E-state index in [4.69, 9.17) is 0 Å². The maximum atomic E-state index is 4.64. The lowest BCUT2D eigenvalue weighted by atomic mass is 10.1. The maximum Gasteiger partial charge on any atom is 0.223 e. The summed E-state index contributed by atoms with van der Waals surface area (Å²) >= 11 is 0. The van der Waals surface area contributed by atoms with E-state index in [2.05, 4.69) is 38.2 Å². The quantitative estimate of drug-likeness (QED) is 0.778. The Morgan fingerprint density at radius 3 is 2.50 bits per heavy atom. The largest absolute Gasteiger partial charge is 0.351 e. The molecule has 0 aliphatic rings. The number of hydrogen-bond acceptors (Lipinski definition) is 5. The van der Waals surface area contributed by atoms with E-state index >= 15 is 0 Å². The van der Waals surface area contributed by atoms with Crippen molar-refractivity contribution in [1.82, 2.24) is 19.9 Å². The van der Waals surface area contributed by atoms with Crippen LogP contribution in [0.25, 0.3) is 11.3 Å². The molecule has 0 radical (unpaired) electrons. The summed E-state index contributed by atoms with van der Waals surface area (Å²) in [6, 6.07) is 10.2. The van der Waals surface area contributed by atoms with Crippen molar-refractivity contribution in [2.45, 2.75) is 33.2 Å². The van der Waals surface area contributed by atoms with Crippen LogP contribution in [0.5, 0.6) is 0 Å². The number of nitrogens with one attached hydrogen (secondary N) is 1. The van der Waals surface area contributed by atoms with Gasteiger partial charge in [-0.15, -0.1) is 0 Å². The lowest BCUT2D eigenvalue weighted by Crippen LogP contribution is -2.19. The molecule has 1 unspecified atom stereocenters. The highest BCUT2D eigenvalue weighted by molar-refractivity contribution is 5.62. The predicted molar refractivity (Wildman–Crippen MR) is 95.8 cm³/mol. The van der Waals surface area contributed by atoms with Gasteiger partial charge in [0.15, 0.2) is 0 Å². The molecule has 122 valence electrons. The summed E-state index contributed by atoms with van der Waals surface area (Å²) in [6.45, 7) is 6.11. The molecule has 0 aromatic carbocycles. The number of anilines is 1. The Kier molecular flexibility index (Phi) is 4.79. The number of aromatic nitrogens is 4. The van der Waals surface area contributed by atoms with E-state index in [1.54, 1.807) is 6.20 Å². The molecule has 5 nitrogen and oxygen atoms in total. The zero-order valence-electron chi connectivity index (χ0n) is 14.2. The van der Waals surface area contributed by atoms with E-state index in [1.807, 2.05) is 50.5 Å². The minimum Gasteiger partial charge on any atom is -0.351 e. The molecule has 1 N–H and O–H groups in total. The van der Waals surface area contributed by atoms with Gasteiger partial charge < -0.3 is 5.32 Å². The molecule has 5 heteroatoms. The number of nitrogens with zero attached hydrogens (tertiary/aromatic N) is 4. The van der Waals surface area contributed by atoms with Crippen LogP contribution in [0, 0.1) is 13.8 Å². The zero-order chi connectivity index (χ0) is 16.9. The molecule has 3 heterocycles. The van der Waals surface area contributed by atoms with Crippen LogP contribution in [-0.2, 0) is 6.42 Å². The SMILES string of the molecule is Cc1ccc(-c2ccnc(NC(C)Cc3ccncc3)n2)c(C)n1. The monoisotopic (exact) mass is 319 g/mol. The standard InChI is InChI=1S/C19H21N5/c1-13-4-5-17(15(3)22-13)18-8-11-21-19(24-18)23-14(2)12-16-6-9-20-10-7-16/h4-11,14H,12H2,1-3H3,(H,21,23,24). The van der Waals surface area contributed by atoms with Gasteiger partial charge in [-0.05, 0) is 63.1 Å². The smallest absolute Gasteiger partial charge is 0.223 e. The van der Waals surface area contributed by atoms with Gasteiger partial charge in [0, 0.05) is 41.6 Å². The van der Waals surface area contributed by atoms with E-state index in [0.29, 0.717) is 5.95 Å². The minimum absolute atomic E-state index is 0.222. The fourth-order valence-corrected chi connectivity index (χ4v) is 2.68. The lowest BCUT2D eigenvalue weighted by molar-refractivity contribution is 0.776. The normalized spacial score (nSPS) is 12.0. The Balaban J connectivity index is 1.75. The average Bonchev–Trinajstić information content (AvgIpc) is 2.56. The first kappa shape index (κ1) is 16.1. The lowest BCUT2D eigenvalue weighted by Gasteiger charge is -2.14. The Labute approximate surface area is 142 Å². The fraction of sp³-hybridized carbons (Fsp3) is 0.263. The summed E-state index contributed by atoms with van der Waals surface area (Å²) in [5, 5.41) is 3.37. The second-order valence-electron chi connectivity index (χ2n) is 5.96. The third-order valence-electron chi connectivity index (χ3n) is 3.82. The van der Waals surface area contributed by atoms with Crippen molar-refractivity contribution in [1.29, 1.82) is 0 Å². The van der Waals surface area contributed by atoms with E-state index < -0.39 is 0 Å². The summed E-state index contributed by atoms with van der Waals surface area (Å²) in [5.74, 6) is 0.633. The third-order valence-corrected chi connectivity index (χ3v) is 3.82. The van der Waals surface area contributed by atoms with E-state index in [1.165, 1.54) is 5.56 Å². The van der Waals surface area contributed by atoms with Crippen LogP contribution >= 0.6 is 0 Å². The minimum atomic E-state index is 0.222. The van der Waals surface area contributed by atoms with Crippen LogP contribution in [0.1, 0.15) is 23.9 Å². The highest BCUT2D eigenvalue weighted by Gasteiger charge is 2.09. The van der Waals surface area contributed by atoms with Crippen molar-refractivity contribution in [2.75, 3.05) is 5.32 Å². The van der Waals surface area contributed by atoms with Gasteiger partial charge in [-0.2, -0.15) is 0 Å². The van der Waals surface area contributed by atoms with E-state index in [-0.39, 0.29) is 6.04 Å².